The van der Waals surface area contributed by atoms with Crippen LogP contribution in [0.15, 0.2) is 5.36 Å². The van der Waals surface area contributed by atoms with E-state index < -0.39 is 5.97 Å². The van der Waals surface area contributed by atoms with Crippen LogP contribution in [-0.4, -0.2) is 20.7 Å². The van der Waals surface area contributed by atoms with Gasteiger partial charge in [0.05, 0.1) is 1.37 Å². The normalized spacial score (nSPS) is 10.8. The third-order valence-electron chi connectivity index (χ3n) is 0.527. The molecular formula is C3H2N2O2S. The zero-order valence-electron chi connectivity index (χ0n) is 4.66. The van der Waals surface area contributed by atoms with Crippen molar-refractivity contribution in [2.24, 2.45) is 0 Å². The van der Waals surface area contributed by atoms with E-state index in [0.717, 1.165) is 11.5 Å². The number of hydrogen-bond donors (Lipinski definition) is 1. The van der Waals surface area contributed by atoms with Crippen LogP contribution in [0.5, 0.6) is 0 Å². The van der Waals surface area contributed by atoms with Crippen molar-refractivity contribution < 1.29 is 11.3 Å². The highest BCUT2D eigenvalue weighted by molar-refractivity contribution is 7.03. The van der Waals surface area contributed by atoms with Crippen LogP contribution >= 0.6 is 11.5 Å². The molecule has 0 unspecified atom stereocenters. The van der Waals surface area contributed by atoms with Gasteiger partial charge >= 0.3 is 5.97 Å². The Morgan fingerprint density at radius 3 is 3.12 bits per heavy atom. The van der Waals surface area contributed by atoms with Crippen molar-refractivity contribution in [3.63, 3.8) is 0 Å². The van der Waals surface area contributed by atoms with Gasteiger partial charge in [0.1, 0.15) is 0 Å². The average Bonchev–Trinajstić information content (AvgIpc) is 2.13. The van der Waals surface area contributed by atoms with Crippen molar-refractivity contribution >= 4 is 17.5 Å². The van der Waals surface area contributed by atoms with Gasteiger partial charge in [-0.2, -0.15) is 0 Å². The van der Waals surface area contributed by atoms with Crippen molar-refractivity contribution in [1.82, 2.24) is 9.59 Å². The summed E-state index contributed by atoms with van der Waals surface area (Å²) in [6, 6.07) is 0. The van der Waals surface area contributed by atoms with Crippen LogP contribution in [-0.2, 0) is 0 Å². The van der Waals surface area contributed by atoms with Gasteiger partial charge in [0, 0.05) is 5.36 Å². The van der Waals surface area contributed by atoms with Crippen LogP contribution in [0.4, 0.5) is 0 Å². The number of rotatable bonds is 1. The molecule has 0 saturated heterocycles. The van der Waals surface area contributed by atoms with E-state index >= 15 is 0 Å². The average molecular weight is 131 g/mol. The molecule has 1 aromatic rings. The van der Waals surface area contributed by atoms with Crippen LogP contribution in [0.3, 0.4) is 0 Å². The lowest BCUT2D eigenvalue weighted by Gasteiger charge is -1.75. The minimum Gasteiger partial charge on any atom is -0.476 e. The number of hydrogen-bond acceptors (Lipinski definition) is 4. The van der Waals surface area contributed by atoms with Crippen LogP contribution in [0, 0.1) is 0 Å². The molecule has 4 nitrogen and oxygen atoms in total. The summed E-state index contributed by atoms with van der Waals surface area (Å²) >= 11 is 0.757. The number of carboxylic acid groups (broad SMARTS) is 1. The summed E-state index contributed by atoms with van der Waals surface area (Å²) in [5, 5.41) is 11.3. The molecule has 0 aliphatic heterocycles. The maximum Gasteiger partial charge on any atom is 0.357 e. The maximum atomic E-state index is 10.1. The van der Waals surface area contributed by atoms with Gasteiger partial charge in [-0.05, 0) is 11.5 Å². The van der Waals surface area contributed by atoms with Gasteiger partial charge in [0.25, 0.3) is 0 Å². The molecule has 0 fully saturated rings. The summed E-state index contributed by atoms with van der Waals surface area (Å²) in [5.74, 6) is -1.20. The van der Waals surface area contributed by atoms with E-state index in [1.54, 1.807) is 0 Å². The zero-order chi connectivity index (χ0) is 6.85. The predicted molar refractivity (Wildman–Crippen MR) is 26.9 cm³/mol. The SMILES string of the molecule is [2H]c1snnc1C(=O)O. The third-order valence-corrected chi connectivity index (χ3v) is 0.974. The van der Waals surface area contributed by atoms with Crippen molar-refractivity contribution in [2.75, 3.05) is 0 Å². The maximum absolute atomic E-state index is 10.1. The quantitative estimate of drug-likeness (QED) is 0.592. The van der Waals surface area contributed by atoms with Crippen molar-refractivity contribution in [3.05, 3.63) is 11.1 Å². The molecule has 0 amide bonds. The lowest BCUT2D eigenvalue weighted by Crippen LogP contribution is -1.95. The Hall–Kier alpha value is -0.970. The second-order valence-corrected chi connectivity index (χ2v) is 1.58. The molecule has 1 N–H and O–H groups in total. The highest BCUT2D eigenvalue weighted by Crippen LogP contribution is 1.94. The number of aromatic nitrogens is 2. The summed E-state index contributed by atoms with van der Waals surface area (Å²) in [6.45, 7) is 0. The van der Waals surface area contributed by atoms with Gasteiger partial charge < -0.3 is 5.11 Å². The van der Waals surface area contributed by atoms with E-state index in [2.05, 4.69) is 9.59 Å². The summed E-state index contributed by atoms with van der Waals surface area (Å²) in [4.78, 5) is 10.1. The van der Waals surface area contributed by atoms with E-state index in [1.165, 1.54) is 0 Å². The lowest BCUT2D eigenvalue weighted by molar-refractivity contribution is 0.0690. The topological polar surface area (TPSA) is 63.1 Å². The number of carbonyl (C=O) groups is 1. The second kappa shape index (κ2) is 1.87. The first-order valence-corrected chi connectivity index (χ1v) is 2.51. The third kappa shape index (κ3) is 0.812. The molecule has 0 saturated carbocycles. The predicted octanol–water partition coefficient (Wildman–Crippen LogP) is 0.236. The van der Waals surface area contributed by atoms with E-state index in [1.807, 2.05) is 0 Å². The van der Waals surface area contributed by atoms with Crippen molar-refractivity contribution in [3.8, 4) is 0 Å². The van der Waals surface area contributed by atoms with Gasteiger partial charge in [-0.1, -0.05) is 4.49 Å². The molecule has 8 heavy (non-hydrogen) atoms. The van der Waals surface area contributed by atoms with E-state index in [9.17, 15) is 4.79 Å². The lowest BCUT2D eigenvalue weighted by atomic mass is 10.5. The Labute approximate surface area is 50.3 Å². The highest BCUT2D eigenvalue weighted by Gasteiger charge is 2.02. The molecule has 0 aliphatic rings. The molecule has 0 aromatic carbocycles. The molecular weight excluding hydrogens is 128 g/mol. The first kappa shape index (κ1) is 3.96. The summed E-state index contributed by atoms with van der Waals surface area (Å²) in [7, 11) is 0. The Bertz CT molecular complexity index is 235. The van der Waals surface area contributed by atoms with Gasteiger partial charge in [0.2, 0.25) is 0 Å². The largest absolute Gasteiger partial charge is 0.476 e. The Balaban J connectivity index is 3.08. The first-order chi connectivity index (χ1) is 4.22. The molecule has 0 spiro atoms. The summed E-state index contributed by atoms with van der Waals surface area (Å²) in [6.07, 6.45) is 0. The minimum atomic E-state index is -1.20. The summed E-state index contributed by atoms with van der Waals surface area (Å²) in [5.41, 5.74) is -0.278. The second-order valence-electron chi connectivity index (χ2n) is 1.03. The fourth-order valence-corrected chi connectivity index (χ4v) is 0.610. The van der Waals surface area contributed by atoms with E-state index in [-0.39, 0.29) is 11.1 Å². The molecule has 0 aliphatic carbocycles. The molecule has 42 valence electrons. The molecule has 1 aromatic heterocycles. The number of carboxylic acids is 1. The van der Waals surface area contributed by atoms with E-state index in [0.29, 0.717) is 0 Å². The first-order valence-electron chi connectivity index (χ1n) is 2.24. The monoisotopic (exact) mass is 131 g/mol. The Morgan fingerprint density at radius 1 is 2.12 bits per heavy atom. The Kier molecular flexibility index (Phi) is 0.927. The summed E-state index contributed by atoms with van der Waals surface area (Å²) < 4.78 is 10.2. The molecule has 5 heteroatoms. The number of nitrogens with zero attached hydrogens (tertiary/aromatic N) is 2. The van der Waals surface area contributed by atoms with E-state index in [4.69, 9.17) is 6.48 Å². The molecule has 0 bridgehead atoms. The van der Waals surface area contributed by atoms with Crippen molar-refractivity contribution in [2.45, 2.75) is 0 Å². The molecule has 1 heterocycles. The zero-order valence-corrected chi connectivity index (χ0v) is 4.47. The van der Waals surface area contributed by atoms with Gasteiger partial charge in [0.15, 0.2) is 5.69 Å². The fraction of sp³-hybridized carbons (Fsp3) is 0. The smallest absolute Gasteiger partial charge is 0.357 e. The van der Waals surface area contributed by atoms with Crippen LogP contribution in [0.25, 0.3) is 0 Å². The van der Waals surface area contributed by atoms with Gasteiger partial charge in [-0.15, -0.1) is 5.10 Å². The molecule has 0 radical (unpaired) electrons. The van der Waals surface area contributed by atoms with Crippen LogP contribution in [0.1, 0.15) is 11.9 Å². The molecule has 1 rings (SSSR count). The Morgan fingerprint density at radius 2 is 2.88 bits per heavy atom. The molecule has 0 atom stereocenters. The van der Waals surface area contributed by atoms with Gasteiger partial charge in [-0.3, -0.25) is 0 Å². The fourth-order valence-electron chi connectivity index (χ4n) is 0.232. The standard InChI is InChI=1S/C3H2N2O2S/c6-3(7)2-1-8-5-4-2/h1H,(H,6,7)/i1D. The van der Waals surface area contributed by atoms with Crippen LogP contribution in [0.2, 0.25) is 0 Å². The minimum absolute atomic E-state index is 0.109. The van der Waals surface area contributed by atoms with Crippen molar-refractivity contribution in [1.29, 1.82) is 0 Å². The highest BCUT2D eigenvalue weighted by atomic mass is 32.1. The van der Waals surface area contributed by atoms with Crippen LogP contribution < -0.4 is 0 Å². The number of aromatic carboxylic acids is 1. The van der Waals surface area contributed by atoms with Gasteiger partial charge in [-0.25, -0.2) is 4.79 Å².